The van der Waals surface area contributed by atoms with E-state index in [-0.39, 0.29) is 6.09 Å². The molecule has 0 aromatic carbocycles. The van der Waals surface area contributed by atoms with E-state index in [0.29, 0.717) is 12.1 Å². The Morgan fingerprint density at radius 2 is 1.87 bits per heavy atom. The van der Waals surface area contributed by atoms with Gasteiger partial charge in [-0.2, -0.15) is 0 Å². The number of hydrogen-bond donors (Lipinski definition) is 1. The number of ether oxygens (including phenoxy) is 1. The Balaban J connectivity index is 1.90. The standard InChI is InChI=1S/C19H36N2O2/c1-14-9-10-17(15(2)12-14)20-16-8-6-7-11-21(13-16)18(22)23-19(3,4)5/h14-17,20H,6-13H2,1-5H3. The van der Waals surface area contributed by atoms with Crippen molar-refractivity contribution in [1.82, 2.24) is 10.2 Å². The molecule has 0 spiro atoms. The van der Waals surface area contributed by atoms with Crippen LogP contribution in [0.3, 0.4) is 0 Å². The first-order valence-electron chi connectivity index (χ1n) is 9.48. The maximum atomic E-state index is 12.4. The van der Waals surface area contributed by atoms with Gasteiger partial charge in [0.1, 0.15) is 5.60 Å². The zero-order valence-corrected chi connectivity index (χ0v) is 15.7. The zero-order chi connectivity index (χ0) is 17.0. The lowest BCUT2D eigenvalue weighted by Crippen LogP contribution is -2.50. The number of likely N-dealkylation sites (tertiary alicyclic amines) is 1. The fourth-order valence-electron chi connectivity index (χ4n) is 3.99. The van der Waals surface area contributed by atoms with Crippen molar-refractivity contribution in [3.63, 3.8) is 0 Å². The molecule has 2 rings (SSSR count). The number of rotatable bonds is 2. The maximum absolute atomic E-state index is 12.4. The monoisotopic (exact) mass is 324 g/mol. The van der Waals surface area contributed by atoms with E-state index >= 15 is 0 Å². The van der Waals surface area contributed by atoms with E-state index in [0.717, 1.165) is 37.8 Å². The highest BCUT2D eigenvalue weighted by Crippen LogP contribution is 2.29. The minimum absolute atomic E-state index is 0.156. The second-order valence-corrected chi connectivity index (χ2v) is 8.79. The summed E-state index contributed by atoms with van der Waals surface area (Å²) in [7, 11) is 0. The SMILES string of the molecule is CC1CCC(NC2CCCCN(C(=O)OC(C)(C)C)C2)C(C)C1. The van der Waals surface area contributed by atoms with Crippen molar-refractivity contribution >= 4 is 6.09 Å². The van der Waals surface area contributed by atoms with E-state index < -0.39 is 5.60 Å². The van der Waals surface area contributed by atoms with Gasteiger partial charge in [0.25, 0.3) is 0 Å². The second-order valence-electron chi connectivity index (χ2n) is 8.79. The molecule has 0 aromatic rings. The van der Waals surface area contributed by atoms with Crippen LogP contribution in [0, 0.1) is 11.8 Å². The van der Waals surface area contributed by atoms with E-state index in [9.17, 15) is 4.79 Å². The minimum Gasteiger partial charge on any atom is -0.444 e. The Hall–Kier alpha value is -0.770. The summed E-state index contributed by atoms with van der Waals surface area (Å²) in [6, 6.07) is 1.01. The van der Waals surface area contributed by atoms with Crippen molar-refractivity contribution in [3.05, 3.63) is 0 Å². The Bertz CT molecular complexity index is 391. The van der Waals surface area contributed by atoms with Crippen LogP contribution in [-0.2, 0) is 4.74 Å². The highest BCUT2D eigenvalue weighted by Gasteiger charge is 2.30. The molecule has 4 heteroatoms. The Kier molecular flexibility index (Phi) is 6.35. The lowest BCUT2D eigenvalue weighted by molar-refractivity contribution is 0.0238. The number of nitrogens with zero attached hydrogens (tertiary/aromatic N) is 1. The largest absolute Gasteiger partial charge is 0.444 e. The predicted molar refractivity (Wildman–Crippen MR) is 94.5 cm³/mol. The summed E-state index contributed by atoms with van der Waals surface area (Å²) < 4.78 is 5.57. The predicted octanol–water partition coefficient (Wildman–Crippen LogP) is 4.19. The molecular formula is C19H36N2O2. The molecule has 2 aliphatic rings. The quantitative estimate of drug-likeness (QED) is 0.828. The molecule has 0 radical (unpaired) electrons. The van der Waals surface area contributed by atoms with Gasteiger partial charge in [-0.1, -0.05) is 20.3 Å². The summed E-state index contributed by atoms with van der Waals surface area (Å²) >= 11 is 0. The van der Waals surface area contributed by atoms with Gasteiger partial charge in [0.15, 0.2) is 0 Å². The highest BCUT2D eigenvalue weighted by atomic mass is 16.6. The molecule has 4 unspecified atom stereocenters. The van der Waals surface area contributed by atoms with Crippen molar-refractivity contribution in [1.29, 1.82) is 0 Å². The molecule has 0 bridgehead atoms. The molecule has 23 heavy (non-hydrogen) atoms. The summed E-state index contributed by atoms with van der Waals surface area (Å²) in [5.41, 5.74) is -0.416. The van der Waals surface area contributed by atoms with Crippen molar-refractivity contribution in [2.24, 2.45) is 11.8 Å². The number of nitrogens with one attached hydrogen (secondary N) is 1. The molecule has 0 aromatic heterocycles. The number of carbonyl (C=O) groups excluding carboxylic acids is 1. The zero-order valence-electron chi connectivity index (χ0n) is 15.7. The van der Waals surface area contributed by atoms with Crippen molar-refractivity contribution < 1.29 is 9.53 Å². The molecule has 1 saturated heterocycles. The molecule has 1 heterocycles. The lowest BCUT2D eigenvalue weighted by Gasteiger charge is -2.37. The molecular weight excluding hydrogens is 288 g/mol. The van der Waals surface area contributed by atoms with Crippen LogP contribution in [-0.4, -0.2) is 41.8 Å². The third kappa shape index (κ3) is 5.98. The van der Waals surface area contributed by atoms with Gasteiger partial charge in [-0.25, -0.2) is 4.79 Å². The van der Waals surface area contributed by atoms with Gasteiger partial charge >= 0.3 is 6.09 Å². The summed E-state index contributed by atoms with van der Waals surface area (Å²) in [5, 5.41) is 3.87. The number of carbonyl (C=O) groups is 1. The number of hydrogen-bond acceptors (Lipinski definition) is 3. The van der Waals surface area contributed by atoms with Gasteiger partial charge in [0, 0.05) is 25.2 Å². The van der Waals surface area contributed by atoms with Crippen LogP contribution < -0.4 is 5.32 Å². The van der Waals surface area contributed by atoms with Gasteiger partial charge in [-0.3, -0.25) is 0 Å². The molecule has 1 aliphatic carbocycles. The Morgan fingerprint density at radius 1 is 1.13 bits per heavy atom. The highest BCUT2D eigenvalue weighted by molar-refractivity contribution is 5.68. The summed E-state index contributed by atoms with van der Waals surface area (Å²) in [4.78, 5) is 14.3. The van der Waals surface area contributed by atoms with Gasteiger partial charge in [0.2, 0.25) is 0 Å². The van der Waals surface area contributed by atoms with Crippen LogP contribution in [0.5, 0.6) is 0 Å². The van der Waals surface area contributed by atoms with Crippen LogP contribution in [0.15, 0.2) is 0 Å². The van der Waals surface area contributed by atoms with Crippen LogP contribution in [0.2, 0.25) is 0 Å². The molecule has 1 amide bonds. The van der Waals surface area contributed by atoms with E-state index in [4.69, 9.17) is 4.74 Å². The third-order valence-electron chi connectivity index (χ3n) is 5.20. The number of amides is 1. The smallest absolute Gasteiger partial charge is 0.410 e. The van der Waals surface area contributed by atoms with E-state index in [1.54, 1.807) is 0 Å². The second kappa shape index (κ2) is 7.87. The maximum Gasteiger partial charge on any atom is 0.410 e. The summed E-state index contributed by atoms with van der Waals surface area (Å²) in [6.07, 6.45) is 7.19. The molecule has 1 saturated carbocycles. The molecule has 2 fully saturated rings. The first kappa shape index (κ1) is 18.6. The average Bonchev–Trinajstić information content (AvgIpc) is 2.66. The van der Waals surface area contributed by atoms with Crippen LogP contribution in [0.4, 0.5) is 4.79 Å². The molecule has 134 valence electrons. The van der Waals surface area contributed by atoms with Crippen LogP contribution in [0.1, 0.15) is 73.1 Å². The van der Waals surface area contributed by atoms with Crippen molar-refractivity contribution in [2.45, 2.75) is 90.8 Å². The van der Waals surface area contributed by atoms with Gasteiger partial charge < -0.3 is 15.0 Å². The van der Waals surface area contributed by atoms with Gasteiger partial charge in [-0.05, 0) is 64.7 Å². The Morgan fingerprint density at radius 3 is 2.52 bits per heavy atom. The average molecular weight is 325 g/mol. The first-order chi connectivity index (χ1) is 10.7. The molecule has 1 N–H and O–H groups in total. The fraction of sp³-hybridized carbons (Fsp3) is 0.947. The van der Waals surface area contributed by atoms with E-state index in [2.05, 4.69) is 19.2 Å². The normalized spacial score (nSPS) is 33.2. The van der Waals surface area contributed by atoms with Gasteiger partial charge in [-0.15, -0.1) is 0 Å². The summed E-state index contributed by atoms with van der Waals surface area (Å²) in [6.45, 7) is 12.1. The fourth-order valence-corrected chi connectivity index (χ4v) is 3.99. The lowest BCUT2D eigenvalue weighted by atomic mass is 9.79. The third-order valence-corrected chi connectivity index (χ3v) is 5.20. The van der Waals surface area contributed by atoms with Crippen molar-refractivity contribution in [2.75, 3.05) is 13.1 Å². The van der Waals surface area contributed by atoms with Crippen LogP contribution in [0.25, 0.3) is 0 Å². The van der Waals surface area contributed by atoms with Gasteiger partial charge in [0.05, 0.1) is 0 Å². The van der Waals surface area contributed by atoms with Crippen molar-refractivity contribution in [3.8, 4) is 0 Å². The molecule has 1 aliphatic heterocycles. The molecule has 4 nitrogen and oxygen atoms in total. The Labute approximate surface area is 142 Å². The van der Waals surface area contributed by atoms with E-state index in [1.165, 1.54) is 25.7 Å². The first-order valence-corrected chi connectivity index (χ1v) is 9.48. The summed E-state index contributed by atoms with van der Waals surface area (Å²) in [5.74, 6) is 1.59. The topological polar surface area (TPSA) is 41.6 Å². The van der Waals surface area contributed by atoms with Crippen LogP contribution >= 0.6 is 0 Å². The van der Waals surface area contributed by atoms with E-state index in [1.807, 2.05) is 25.7 Å². The molecule has 4 atom stereocenters. The minimum atomic E-state index is -0.416.